The highest BCUT2D eigenvalue weighted by molar-refractivity contribution is 9.10. The topological polar surface area (TPSA) is 134 Å². The number of hydrogen-bond acceptors (Lipinski definition) is 5. The number of amides is 3. The van der Waals surface area contributed by atoms with Gasteiger partial charge in [0.25, 0.3) is 11.8 Å². The number of carboxylic acid groups (broad SMARTS) is 1. The molecule has 0 fully saturated rings. The van der Waals surface area contributed by atoms with Crippen LogP contribution in [-0.4, -0.2) is 54.7 Å². The van der Waals surface area contributed by atoms with Crippen molar-refractivity contribution < 1.29 is 29.0 Å². The molecule has 182 valence electrons. The maximum Gasteiger partial charge on any atom is 0.407 e. The highest BCUT2D eigenvalue weighted by Gasteiger charge is 2.23. The van der Waals surface area contributed by atoms with Crippen molar-refractivity contribution in [2.24, 2.45) is 0 Å². The molecule has 0 saturated carbocycles. The molecule has 3 amide bonds. The molecule has 2 aromatic rings. The van der Waals surface area contributed by atoms with Crippen LogP contribution in [0.5, 0.6) is 0 Å². The average Bonchev–Trinajstić information content (AvgIpc) is 2.82. The maximum absolute atomic E-state index is 12.6. The van der Waals surface area contributed by atoms with Gasteiger partial charge in [0.1, 0.15) is 12.6 Å². The highest BCUT2D eigenvalue weighted by Crippen LogP contribution is 2.19. The van der Waals surface area contributed by atoms with Crippen molar-refractivity contribution in [3.8, 4) is 11.8 Å². The van der Waals surface area contributed by atoms with Crippen LogP contribution >= 0.6 is 15.9 Å². The molecule has 0 unspecified atom stereocenters. The standard InChI is InChI=1S/C25H24BrN3O6/c1-3-12-35-25(34)28-15-21(24(32)33)29-23(31)19-10-9-18(14-20(19)26)22(30)27-11-5-8-17-7-4-6-16(2)13-17/h3-4,6-7,9-10,13-14,21H,1,11-12,15H2,2H3,(H,27,30)(H,28,34)(H,29,31)(H,32,33)/t21-/m0/s1. The van der Waals surface area contributed by atoms with Crippen LogP contribution in [0.25, 0.3) is 0 Å². The number of carbonyl (C=O) groups excluding carboxylic acids is 3. The number of carboxylic acids is 1. The van der Waals surface area contributed by atoms with E-state index in [2.05, 4.69) is 50.3 Å². The summed E-state index contributed by atoms with van der Waals surface area (Å²) < 4.78 is 4.99. The average molecular weight is 542 g/mol. The van der Waals surface area contributed by atoms with E-state index in [1.807, 2.05) is 31.2 Å². The van der Waals surface area contributed by atoms with Crippen molar-refractivity contribution >= 4 is 39.8 Å². The van der Waals surface area contributed by atoms with Crippen LogP contribution in [0, 0.1) is 18.8 Å². The molecule has 10 heteroatoms. The molecule has 0 radical (unpaired) electrons. The van der Waals surface area contributed by atoms with Crippen LogP contribution in [0.4, 0.5) is 4.79 Å². The molecule has 9 nitrogen and oxygen atoms in total. The molecule has 0 aliphatic heterocycles. The minimum atomic E-state index is -1.40. The quantitative estimate of drug-likeness (QED) is 0.285. The lowest BCUT2D eigenvalue weighted by molar-refractivity contribution is -0.139. The Morgan fingerprint density at radius 1 is 1.14 bits per heavy atom. The van der Waals surface area contributed by atoms with Crippen molar-refractivity contribution in [3.63, 3.8) is 0 Å². The summed E-state index contributed by atoms with van der Waals surface area (Å²) in [6.45, 7) is 5.07. The number of carbonyl (C=O) groups is 4. The van der Waals surface area contributed by atoms with Crippen molar-refractivity contribution in [2.75, 3.05) is 19.7 Å². The van der Waals surface area contributed by atoms with Gasteiger partial charge >= 0.3 is 12.1 Å². The van der Waals surface area contributed by atoms with Crippen molar-refractivity contribution in [3.05, 3.63) is 81.8 Å². The summed E-state index contributed by atoms with van der Waals surface area (Å²) in [5.74, 6) is 3.41. The summed E-state index contributed by atoms with van der Waals surface area (Å²) >= 11 is 3.24. The van der Waals surface area contributed by atoms with E-state index in [0.29, 0.717) is 0 Å². The Kier molecular flexibility index (Phi) is 10.5. The lowest BCUT2D eigenvalue weighted by Crippen LogP contribution is -2.48. The lowest BCUT2D eigenvalue weighted by atomic mass is 10.1. The molecular formula is C25H24BrN3O6. The monoisotopic (exact) mass is 541 g/mol. The zero-order valence-corrected chi connectivity index (χ0v) is 20.5. The number of benzene rings is 2. The van der Waals surface area contributed by atoms with Gasteiger partial charge in [-0.1, -0.05) is 36.6 Å². The van der Waals surface area contributed by atoms with Crippen LogP contribution in [0.3, 0.4) is 0 Å². The van der Waals surface area contributed by atoms with Crippen molar-refractivity contribution in [1.82, 2.24) is 16.0 Å². The number of hydrogen-bond donors (Lipinski definition) is 4. The van der Waals surface area contributed by atoms with Gasteiger partial charge in [-0.15, -0.1) is 0 Å². The van der Waals surface area contributed by atoms with Crippen LogP contribution in [0.15, 0.2) is 59.6 Å². The second kappa shape index (κ2) is 13.6. The Labute approximate surface area is 211 Å². The summed E-state index contributed by atoms with van der Waals surface area (Å²) in [6.07, 6.45) is 0.515. The molecule has 0 spiro atoms. The maximum atomic E-state index is 12.6. The summed E-state index contributed by atoms with van der Waals surface area (Å²) in [5, 5.41) is 16.6. The Hall–Kier alpha value is -4.10. The number of nitrogens with one attached hydrogen (secondary N) is 3. The third-order valence-electron chi connectivity index (χ3n) is 4.45. The second-order valence-corrected chi connectivity index (χ2v) is 8.04. The lowest BCUT2D eigenvalue weighted by Gasteiger charge is -2.16. The largest absolute Gasteiger partial charge is 0.480 e. The predicted molar refractivity (Wildman–Crippen MR) is 133 cm³/mol. The minimum absolute atomic E-state index is 0.0396. The van der Waals surface area contributed by atoms with Crippen molar-refractivity contribution in [2.45, 2.75) is 13.0 Å². The fourth-order valence-corrected chi connectivity index (χ4v) is 3.30. The molecule has 0 heterocycles. The van der Waals surface area contributed by atoms with E-state index >= 15 is 0 Å². The normalized spacial score (nSPS) is 10.7. The number of halogens is 1. The van der Waals surface area contributed by atoms with Crippen LogP contribution < -0.4 is 16.0 Å². The molecule has 2 rings (SSSR count). The number of aliphatic carboxylic acids is 1. The number of rotatable bonds is 9. The van der Waals surface area contributed by atoms with E-state index in [-0.39, 0.29) is 34.7 Å². The van der Waals surface area contributed by atoms with Gasteiger partial charge in [0.15, 0.2) is 0 Å². The first-order chi connectivity index (χ1) is 16.7. The first kappa shape index (κ1) is 27.1. The Morgan fingerprint density at radius 2 is 1.91 bits per heavy atom. The summed E-state index contributed by atoms with van der Waals surface area (Å²) in [6, 6.07) is 10.5. The highest BCUT2D eigenvalue weighted by atomic mass is 79.9. The zero-order valence-electron chi connectivity index (χ0n) is 18.9. The summed E-state index contributed by atoms with van der Waals surface area (Å²) in [7, 11) is 0. The first-order valence-electron chi connectivity index (χ1n) is 10.4. The molecule has 0 aromatic heterocycles. The number of aryl methyl sites for hydroxylation is 1. The molecule has 0 bridgehead atoms. The Bertz CT molecular complexity index is 1190. The van der Waals surface area contributed by atoms with Crippen molar-refractivity contribution in [1.29, 1.82) is 0 Å². The molecule has 0 aliphatic rings. The first-order valence-corrected chi connectivity index (χ1v) is 11.2. The fourth-order valence-electron chi connectivity index (χ4n) is 2.74. The third kappa shape index (κ3) is 8.98. The predicted octanol–water partition coefficient (Wildman–Crippen LogP) is 2.63. The Morgan fingerprint density at radius 3 is 2.57 bits per heavy atom. The fraction of sp³-hybridized carbons (Fsp3) is 0.200. The van der Waals surface area contributed by atoms with Gasteiger partial charge in [-0.05, 0) is 58.7 Å². The number of alkyl carbamates (subject to hydrolysis) is 1. The van der Waals surface area contributed by atoms with Crippen LogP contribution in [0.2, 0.25) is 0 Å². The van der Waals surface area contributed by atoms with Crippen LogP contribution in [-0.2, 0) is 9.53 Å². The van der Waals surface area contributed by atoms with E-state index < -0.39 is 30.6 Å². The van der Waals surface area contributed by atoms with Gasteiger partial charge in [-0.3, -0.25) is 9.59 Å². The van der Waals surface area contributed by atoms with E-state index in [1.165, 1.54) is 24.3 Å². The summed E-state index contributed by atoms with van der Waals surface area (Å²) in [5.41, 5.74) is 2.33. The van der Waals surface area contributed by atoms with E-state index in [0.717, 1.165) is 11.1 Å². The van der Waals surface area contributed by atoms with Gasteiger partial charge in [-0.25, -0.2) is 9.59 Å². The van der Waals surface area contributed by atoms with E-state index in [9.17, 15) is 24.3 Å². The second-order valence-electron chi connectivity index (χ2n) is 7.18. The van der Waals surface area contributed by atoms with Gasteiger partial charge in [0.2, 0.25) is 0 Å². The minimum Gasteiger partial charge on any atom is -0.480 e. The molecule has 2 aromatic carbocycles. The molecular weight excluding hydrogens is 518 g/mol. The third-order valence-corrected chi connectivity index (χ3v) is 5.11. The van der Waals surface area contributed by atoms with E-state index in [1.54, 1.807) is 0 Å². The van der Waals surface area contributed by atoms with Gasteiger partial charge < -0.3 is 25.8 Å². The molecule has 0 saturated heterocycles. The smallest absolute Gasteiger partial charge is 0.407 e. The number of ether oxygens (including phenoxy) is 1. The molecule has 4 N–H and O–H groups in total. The molecule has 0 aliphatic carbocycles. The SMILES string of the molecule is C=CCOC(=O)NC[C@H](NC(=O)c1ccc(C(=O)NCC#Cc2cccc(C)c2)cc1Br)C(=O)O. The summed E-state index contributed by atoms with van der Waals surface area (Å²) in [4.78, 5) is 47.9. The molecule has 35 heavy (non-hydrogen) atoms. The van der Waals surface area contributed by atoms with Gasteiger partial charge in [-0.2, -0.15) is 0 Å². The molecule has 1 atom stereocenters. The Balaban J connectivity index is 1.96. The zero-order chi connectivity index (χ0) is 25.8. The van der Waals surface area contributed by atoms with Crippen LogP contribution in [0.1, 0.15) is 31.8 Å². The van der Waals surface area contributed by atoms with Gasteiger partial charge in [0, 0.05) is 15.6 Å². The van der Waals surface area contributed by atoms with Gasteiger partial charge in [0.05, 0.1) is 18.7 Å². The van der Waals surface area contributed by atoms with E-state index in [4.69, 9.17) is 4.74 Å².